The largest absolute Gasteiger partial charge is 0.496 e. The molecule has 0 radical (unpaired) electrons. The van der Waals surface area contributed by atoms with Crippen LogP contribution in [0.15, 0.2) is 46.9 Å². The first-order valence-electron chi connectivity index (χ1n) is 5.91. The van der Waals surface area contributed by atoms with Crippen molar-refractivity contribution in [1.29, 1.82) is 0 Å². The third-order valence-electron chi connectivity index (χ3n) is 2.76. The SMILES string of the molecule is COc1cc(Br)ccc1C(=O)Nc1ccccc1[N+](=O)[O-]. The Morgan fingerprint density at radius 3 is 2.67 bits per heavy atom. The Hall–Kier alpha value is -2.41. The first-order valence-corrected chi connectivity index (χ1v) is 6.70. The van der Waals surface area contributed by atoms with E-state index in [0.29, 0.717) is 11.3 Å². The summed E-state index contributed by atoms with van der Waals surface area (Å²) in [7, 11) is 1.45. The average Bonchev–Trinajstić information content (AvgIpc) is 2.47. The third kappa shape index (κ3) is 3.38. The second kappa shape index (κ2) is 6.36. The third-order valence-corrected chi connectivity index (χ3v) is 3.25. The molecule has 0 saturated heterocycles. The zero-order valence-electron chi connectivity index (χ0n) is 11.0. The number of nitrogens with zero attached hydrogens (tertiary/aromatic N) is 1. The highest BCUT2D eigenvalue weighted by Gasteiger charge is 2.18. The van der Waals surface area contributed by atoms with Gasteiger partial charge in [-0.3, -0.25) is 14.9 Å². The van der Waals surface area contributed by atoms with Crippen LogP contribution in [0.1, 0.15) is 10.4 Å². The van der Waals surface area contributed by atoms with Crippen molar-refractivity contribution in [3.05, 3.63) is 62.6 Å². The number of nitro benzene ring substituents is 1. The quantitative estimate of drug-likeness (QED) is 0.674. The minimum Gasteiger partial charge on any atom is -0.496 e. The van der Waals surface area contributed by atoms with Crippen LogP contribution in [0.4, 0.5) is 11.4 Å². The van der Waals surface area contributed by atoms with Gasteiger partial charge in [0, 0.05) is 10.5 Å². The Morgan fingerprint density at radius 2 is 2.00 bits per heavy atom. The molecule has 1 N–H and O–H groups in total. The highest BCUT2D eigenvalue weighted by atomic mass is 79.9. The average molecular weight is 351 g/mol. The molecule has 0 aliphatic heterocycles. The number of ether oxygens (including phenoxy) is 1. The topological polar surface area (TPSA) is 81.5 Å². The number of halogens is 1. The molecule has 2 aromatic carbocycles. The number of carbonyl (C=O) groups is 1. The van der Waals surface area contributed by atoms with Crippen molar-refractivity contribution < 1.29 is 14.5 Å². The summed E-state index contributed by atoms with van der Waals surface area (Å²) in [6.07, 6.45) is 0. The van der Waals surface area contributed by atoms with Gasteiger partial charge in [0.1, 0.15) is 11.4 Å². The van der Waals surface area contributed by atoms with E-state index in [1.165, 1.54) is 25.3 Å². The van der Waals surface area contributed by atoms with Gasteiger partial charge in [-0.05, 0) is 24.3 Å². The number of nitro groups is 1. The van der Waals surface area contributed by atoms with Crippen LogP contribution < -0.4 is 10.1 Å². The fraction of sp³-hybridized carbons (Fsp3) is 0.0714. The molecule has 0 bridgehead atoms. The molecule has 2 aromatic rings. The minimum absolute atomic E-state index is 0.137. The molecule has 21 heavy (non-hydrogen) atoms. The lowest BCUT2D eigenvalue weighted by atomic mass is 10.1. The first kappa shape index (κ1) is 15.0. The Labute approximate surface area is 129 Å². The summed E-state index contributed by atoms with van der Waals surface area (Å²) in [5.41, 5.74) is 0.262. The predicted molar refractivity (Wildman–Crippen MR) is 81.7 cm³/mol. The molecule has 0 aromatic heterocycles. The normalized spacial score (nSPS) is 10.0. The molecule has 0 atom stereocenters. The number of hydrogen-bond donors (Lipinski definition) is 1. The smallest absolute Gasteiger partial charge is 0.292 e. The van der Waals surface area contributed by atoms with E-state index in [2.05, 4.69) is 21.2 Å². The lowest BCUT2D eigenvalue weighted by Gasteiger charge is -2.10. The van der Waals surface area contributed by atoms with Gasteiger partial charge in [-0.1, -0.05) is 28.1 Å². The molecule has 0 aliphatic rings. The fourth-order valence-corrected chi connectivity index (χ4v) is 2.12. The molecule has 0 heterocycles. The number of amides is 1. The molecule has 0 fully saturated rings. The van der Waals surface area contributed by atoms with Gasteiger partial charge in [0.05, 0.1) is 17.6 Å². The number of benzene rings is 2. The van der Waals surface area contributed by atoms with E-state index in [9.17, 15) is 14.9 Å². The molecule has 0 aliphatic carbocycles. The number of rotatable bonds is 4. The van der Waals surface area contributed by atoms with Gasteiger partial charge >= 0.3 is 0 Å². The maximum atomic E-state index is 12.3. The summed E-state index contributed by atoms with van der Waals surface area (Å²) < 4.78 is 5.90. The van der Waals surface area contributed by atoms with Gasteiger partial charge in [0.2, 0.25) is 0 Å². The van der Waals surface area contributed by atoms with E-state index in [0.717, 1.165) is 4.47 Å². The highest BCUT2D eigenvalue weighted by molar-refractivity contribution is 9.10. The van der Waals surface area contributed by atoms with Crippen LogP contribution in [-0.2, 0) is 0 Å². The maximum Gasteiger partial charge on any atom is 0.292 e. The van der Waals surface area contributed by atoms with Gasteiger partial charge in [-0.15, -0.1) is 0 Å². The van der Waals surface area contributed by atoms with E-state index < -0.39 is 10.8 Å². The molecule has 6 nitrogen and oxygen atoms in total. The number of carbonyl (C=O) groups excluding carboxylic acids is 1. The van der Waals surface area contributed by atoms with E-state index in [4.69, 9.17) is 4.74 Å². The molecular formula is C14H11BrN2O4. The number of nitrogens with one attached hydrogen (secondary N) is 1. The number of para-hydroxylation sites is 2. The van der Waals surface area contributed by atoms with Gasteiger partial charge < -0.3 is 10.1 Å². The first-order chi connectivity index (χ1) is 10.0. The number of anilines is 1. The van der Waals surface area contributed by atoms with Crippen molar-refractivity contribution in [2.45, 2.75) is 0 Å². The number of methoxy groups -OCH3 is 1. The van der Waals surface area contributed by atoms with Crippen LogP contribution in [0, 0.1) is 10.1 Å². The molecule has 1 amide bonds. The predicted octanol–water partition coefficient (Wildman–Crippen LogP) is 3.62. The monoisotopic (exact) mass is 350 g/mol. The van der Waals surface area contributed by atoms with Crippen LogP contribution in [0.3, 0.4) is 0 Å². The molecule has 0 unspecified atom stereocenters. The second-order valence-electron chi connectivity index (χ2n) is 4.07. The van der Waals surface area contributed by atoms with E-state index in [-0.39, 0.29) is 11.4 Å². The van der Waals surface area contributed by atoms with Crippen molar-refractivity contribution in [2.24, 2.45) is 0 Å². The maximum absolute atomic E-state index is 12.3. The van der Waals surface area contributed by atoms with Crippen LogP contribution >= 0.6 is 15.9 Å². The Morgan fingerprint density at radius 1 is 1.29 bits per heavy atom. The summed E-state index contributed by atoms with van der Waals surface area (Å²) >= 11 is 3.28. The van der Waals surface area contributed by atoms with Gasteiger partial charge in [-0.2, -0.15) is 0 Å². The minimum atomic E-state index is -0.547. The standard InChI is InChI=1S/C14H11BrN2O4/c1-21-13-8-9(15)6-7-10(13)14(18)16-11-4-2-3-5-12(11)17(19)20/h2-8H,1H3,(H,16,18). The lowest BCUT2D eigenvalue weighted by Crippen LogP contribution is -2.14. The highest BCUT2D eigenvalue weighted by Crippen LogP contribution is 2.27. The zero-order chi connectivity index (χ0) is 15.4. The van der Waals surface area contributed by atoms with Crippen LogP contribution in [0.5, 0.6) is 5.75 Å². The van der Waals surface area contributed by atoms with Crippen molar-refractivity contribution in [1.82, 2.24) is 0 Å². The summed E-state index contributed by atoms with van der Waals surface area (Å²) in [4.78, 5) is 22.6. The molecule has 0 spiro atoms. The second-order valence-corrected chi connectivity index (χ2v) is 4.99. The summed E-state index contributed by atoms with van der Waals surface area (Å²) in [5, 5.41) is 13.5. The lowest BCUT2D eigenvalue weighted by molar-refractivity contribution is -0.383. The molecule has 0 saturated carbocycles. The van der Waals surface area contributed by atoms with E-state index in [1.807, 2.05) is 0 Å². The summed E-state index contributed by atoms with van der Waals surface area (Å²) in [6, 6.07) is 10.9. The van der Waals surface area contributed by atoms with Crippen molar-refractivity contribution in [2.75, 3.05) is 12.4 Å². The Kier molecular flexibility index (Phi) is 4.54. The molecular weight excluding hydrogens is 340 g/mol. The van der Waals surface area contributed by atoms with Gasteiger partial charge in [0.25, 0.3) is 11.6 Å². The van der Waals surface area contributed by atoms with E-state index in [1.54, 1.807) is 24.3 Å². The molecule has 2 rings (SSSR count). The summed E-state index contributed by atoms with van der Waals surface area (Å²) in [6.45, 7) is 0. The van der Waals surface area contributed by atoms with Crippen LogP contribution in [0.2, 0.25) is 0 Å². The van der Waals surface area contributed by atoms with Crippen molar-refractivity contribution in [3.8, 4) is 5.75 Å². The van der Waals surface area contributed by atoms with Crippen LogP contribution in [-0.4, -0.2) is 17.9 Å². The van der Waals surface area contributed by atoms with Crippen molar-refractivity contribution >= 4 is 33.2 Å². The van der Waals surface area contributed by atoms with Crippen molar-refractivity contribution in [3.63, 3.8) is 0 Å². The fourth-order valence-electron chi connectivity index (χ4n) is 1.78. The van der Waals surface area contributed by atoms with Crippen LogP contribution in [0.25, 0.3) is 0 Å². The zero-order valence-corrected chi connectivity index (χ0v) is 12.6. The van der Waals surface area contributed by atoms with E-state index >= 15 is 0 Å². The molecule has 108 valence electrons. The Bertz CT molecular complexity index is 703. The van der Waals surface area contributed by atoms with Gasteiger partial charge in [-0.25, -0.2) is 0 Å². The molecule has 7 heteroatoms. The number of hydrogen-bond acceptors (Lipinski definition) is 4. The van der Waals surface area contributed by atoms with Gasteiger partial charge in [0.15, 0.2) is 0 Å². The summed E-state index contributed by atoms with van der Waals surface area (Å²) in [5.74, 6) is -0.103. The Balaban J connectivity index is 2.33.